The van der Waals surface area contributed by atoms with Crippen molar-refractivity contribution in [2.45, 2.75) is 32.4 Å². The highest BCUT2D eigenvalue weighted by Gasteiger charge is 2.40. The van der Waals surface area contributed by atoms with E-state index in [1.807, 2.05) is 38.1 Å². The van der Waals surface area contributed by atoms with Gasteiger partial charge in [0.05, 0.1) is 31.6 Å². The molecule has 1 fully saturated rings. The third-order valence-electron chi connectivity index (χ3n) is 4.88. The first-order valence-electron chi connectivity index (χ1n) is 9.27. The van der Waals surface area contributed by atoms with Crippen LogP contribution in [0.4, 0.5) is 4.79 Å². The van der Waals surface area contributed by atoms with Gasteiger partial charge in [-0.3, -0.25) is 9.59 Å². The summed E-state index contributed by atoms with van der Waals surface area (Å²) < 4.78 is 5.60. The number of ketones is 1. The topological polar surface area (TPSA) is 104 Å². The summed E-state index contributed by atoms with van der Waals surface area (Å²) in [6, 6.07) is 6.45. The van der Waals surface area contributed by atoms with Gasteiger partial charge < -0.3 is 19.9 Å². The number of aromatic nitrogens is 2. The largest absolute Gasteiger partial charge is 0.453 e. The smallest absolute Gasteiger partial charge is 0.407 e. The van der Waals surface area contributed by atoms with Crippen LogP contribution in [0, 0.1) is 5.92 Å². The molecule has 9 heteroatoms. The third kappa shape index (κ3) is 4.67. The zero-order valence-corrected chi connectivity index (χ0v) is 18.0. The quantitative estimate of drug-likeness (QED) is 0.710. The number of benzene rings is 1. The number of hydrogen-bond donors (Lipinski definition) is 2. The Morgan fingerprint density at radius 3 is 2.62 bits per heavy atom. The van der Waals surface area contributed by atoms with Gasteiger partial charge in [-0.05, 0) is 23.6 Å². The molecule has 2 heterocycles. The lowest BCUT2D eigenvalue weighted by atomic mass is 10.0. The normalized spacial score (nSPS) is 17.5. The van der Waals surface area contributed by atoms with Crippen LogP contribution in [0.2, 0.25) is 0 Å². The number of rotatable bonds is 5. The van der Waals surface area contributed by atoms with E-state index in [0.717, 1.165) is 15.7 Å². The number of H-pyrrole nitrogens is 1. The number of methoxy groups -OCH3 is 1. The van der Waals surface area contributed by atoms with Crippen LogP contribution < -0.4 is 5.32 Å². The molecule has 2 atom stereocenters. The summed E-state index contributed by atoms with van der Waals surface area (Å²) in [5, 5.41) is 2.57. The number of nitrogens with one attached hydrogen (secondary N) is 2. The van der Waals surface area contributed by atoms with Gasteiger partial charge in [0, 0.05) is 10.9 Å². The van der Waals surface area contributed by atoms with Crippen LogP contribution in [0.3, 0.4) is 0 Å². The van der Waals surface area contributed by atoms with E-state index in [0.29, 0.717) is 5.82 Å². The molecular weight excluding hydrogens is 440 g/mol. The standard InChI is InChI=1S/C20H23BrN4O4/c1-11(2)17(24-20(28)29-3)19(27)25-10-14(26)8-16(25)18-22-9-15(23-18)12-4-6-13(21)7-5-12/h4-7,9,11,16-17H,8,10H2,1-3H3,(H,22,23)(H,24,28)/t16-,17?/m0/s1. The minimum Gasteiger partial charge on any atom is -0.453 e. The highest BCUT2D eigenvalue weighted by Crippen LogP contribution is 2.31. The Balaban J connectivity index is 1.84. The second-order valence-electron chi connectivity index (χ2n) is 7.27. The van der Waals surface area contributed by atoms with Gasteiger partial charge in [-0.15, -0.1) is 0 Å². The van der Waals surface area contributed by atoms with Crippen LogP contribution in [0.15, 0.2) is 34.9 Å². The number of alkyl carbamates (subject to hydrolysis) is 1. The SMILES string of the molecule is COC(=O)NC(C(=O)N1CC(=O)C[C@H]1c1ncc(-c2ccc(Br)cc2)[nH]1)C(C)C. The fourth-order valence-corrected chi connectivity index (χ4v) is 3.59. The molecule has 0 spiro atoms. The number of carbonyl (C=O) groups excluding carboxylic acids is 3. The lowest BCUT2D eigenvalue weighted by Crippen LogP contribution is -2.51. The molecule has 29 heavy (non-hydrogen) atoms. The van der Waals surface area contributed by atoms with Gasteiger partial charge in [0.15, 0.2) is 5.78 Å². The molecule has 1 aromatic heterocycles. The Morgan fingerprint density at radius 1 is 1.31 bits per heavy atom. The molecule has 1 aliphatic rings. The third-order valence-corrected chi connectivity index (χ3v) is 5.41. The van der Waals surface area contributed by atoms with Gasteiger partial charge in [-0.2, -0.15) is 0 Å². The minimum atomic E-state index is -0.795. The molecule has 0 aliphatic carbocycles. The van der Waals surface area contributed by atoms with Crippen molar-refractivity contribution < 1.29 is 19.1 Å². The van der Waals surface area contributed by atoms with E-state index in [1.54, 1.807) is 6.20 Å². The highest BCUT2D eigenvalue weighted by atomic mass is 79.9. The number of aromatic amines is 1. The van der Waals surface area contributed by atoms with Crippen LogP contribution in [-0.2, 0) is 14.3 Å². The van der Waals surface area contributed by atoms with Crippen LogP contribution >= 0.6 is 15.9 Å². The van der Waals surface area contributed by atoms with Crippen molar-refractivity contribution in [3.63, 3.8) is 0 Å². The molecule has 2 amide bonds. The zero-order valence-electron chi connectivity index (χ0n) is 16.4. The molecule has 1 saturated heterocycles. The summed E-state index contributed by atoms with van der Waals surface area (Å²) in [5.74, 6) is -0.0102. The number of hydrogen-bond acceptors (Lipinski definition) is 5. The molecule has 1 unspecified atom stereocenters. The monoisotopic (exact) mass is 462 g/mol. The maximum atomic E-state index is 13.1. The van der Waals surface area contributed by atoms with Crippen LogP contribution in [0.5, 0.6) is 0 Å². The van der Waals surface area contributed by atoms with E-state index < -0.39 is 18.2 Å². The molecule has 0 bridgehead atoms. The van der Waals surface area contributed by atoms with Crippen molar-refractivity contribution >= 4 is 33.7 Å². The van der Waals surface area contributed by atoms with E-state index in [4.69, 9.17) is 0 Å². The second-order valence-corrected chi connectivity index (χ2v) is 8.19. The Morgan fingerprint density at radius 2 is 2.00 bits per heavy atom. The Labute approximate surface area is 177 Å². The summed E-state index contributed by atoms with van der Waals surface area (Å²) in [5.41, 5.74) is 1.74. The molecule has 0 radical (unpaired) electrons. The summed E-state index contributed by atoms with van der Waals surface area (Å²) in [6.45, 7) is 3.64. The first-order chi connectivity index (χ1) is 13.8. The van der Waals surface area contributed by atoms with Gasteiger partial charge >= 0.3 is 6.09 Å². The van der Waals surface area contributed by atoms with Crippen molar-refractivity contribution in [2.75, 3.05) is 13.7 Å². The Hall–Kier alpha value is -2.68. The van der Waals surface area contributed by atoms with Gasteiger partial charge in [0.2, 0.25) is 5.91 Å². The van der Waals surface area contributed by atoms with E-state index in [1.165, 1.54) is 12.0 Å². The van der Waals surface area contributed by atoms with Crippen molar-refractivity contribution in [1.82, 2.24) is 20.2 Å². The Bertz CT molecular complexity index is 909. The number of imidazole rings is 1. The van der Waals surface area contributed by atoms with Crippen molar-refractivity contribution in [3.8, 4) is 11.3 Å². The first kappa shape index (κ1) is 21.0. The van der Waals surface area contributed by atoms with Gasteiger partial charge in [-0.25, -0.2) is 9.78 Å². The number of likely N-dealkylation sites (tertiary alicyclic amines) is 1. The van der Waals surface area contributed by atoms with Crippen molar-refractivity contribution in [1.29, 1.82) is 0 Å². The Kier molecular flexibility index (Phi) is 6.36. The number of carbonyl (C=O) groups is 3. The number of ether oxygens (including phenoxy) is 1. The molecular formula is C20H23BrN4O4. The maximum Gasteiger partial charge on any atom is 0.407 e. The lowest BCUT2D eigenvalue weighted by molar-refractivity contribution is -0.136. The summed E-state index contributed by atoms with van der Waals surface area (Å²) in [7, 11) is 1.24. The molecule has 154 valence electrons. The fraction of sp³-hybridized carbons (Fsp3) is 0.400. The van der Waals surface area contributed by atoms with E-state index in [2.05, 4.69) is 36.0 Å². The summed E-state index contributed by atoms with van der Waals surface area (Å²) in [4.78, 5) is 46.1. The van der Waals surface area contributed by atoms with Crippen LogP contribution in [0.25, 0.3) is 11.3 Å². The number of halogens is 1. The highest BCUT2D eigenvalue weighted by molar-refractivity contribution is 9.10. The molecule has 2 aromatic rings. The number of Topliss-reactive ketones (excluding diaryl/α,β-unsaturated/α-hetero) is 1. The van der Waals surface area contributed by atoms with E-state index >= 15 is 0 Å². The molecule has 0 saturated carbocycles. The summed E-state index contributed by atoms with van der Waals surface area (Å²) >= 11 is 3.41. The van der Waals surface area contributed by atoms with E-state index in [9.17, 15) is 14.4 Å². The van der Waals surface area contributed by atoms with Crippen LogP contribution in [-0.4, -0.2) is 52.3 Å². The molecule has 2 N–H and O–H groups in total. The fourth-order valence-electron chi connectivity index (χ4n) is 3.33. The second kappa shape index (κ2) is 8.77. The van der Waals surface area contributed by atoms with Gasteiger partial charge in [-0.1, -0.05) is 41.9 Å². The predicted octanol–water partition coefficient (Wildman–Crippen LogP) is 3.06. The average molecular weight is 463 g/mol. The molecule has 3 rings (SSSR count). The molecule has 1 aliphatic heterocycles. The number of amides is 2. The van der Waals surface area contributed by atoms with Gasteiger partial charge in [0.1, 0.15) is 11.9 Å². The first-order valence-corrected chi connectivity index (χ1v) is 10.1. The average Bonchev–Trinajstić information content (AvgIpc) is 3.32. The van der Waals surface area contributed by atoms with Gasteiger partial charge in [0.25, 0.3) is 0 Å². The maximum absolute atomic E-state index is 13.1. The molecule has 8 nitrogen and oxygen atoms in total. The molecule has 1 aromatic carbocycles. The zero-order chi connectivity index (χ0) is 21.1. The lowest BCUT2D eigenvalue weighted by Gasteiger charge is -2.29. The minimum absolute atomic E-state index is 0.0100. The number of nitrogens with zero attached hydrogens (tertiary/aromatic N) is 2. The van der Waals surface area contributed by atoms with E-state index in [-0.39, 0.29) is 30.6 Å². The van der Waals surface area contributed by atoms with Crippen molar-refractivity contribution in [2.24, 2.45) is 5.92 Å². The summed E-state index contributed by atoms with van der Waals surface area (Å²) in [6.07, 6.45) is 1.19. The predicted molar refractivity (Wildman–Crippen MR) is 110 cm³/mol. The van der Waals surface area contributed by atoms with Crippen molar-refractivity contribution in [3.05, 3.63) is 40.8 Å². The van der Waals surface area contributed by atoms with Crippen LogP contribution in [0.1, 0.15) is 32.1 Å².